The van der Waals surface area contributed by atoms with Crippen LogP contribution >= 0.6 is 0 Å². The molecule has 0 bridgehead atoms. The van der Waals surface area contributed by atoms with Crippen molar-refractivity contribution < 1.29 is 27.8 Å². The van der Waals surface area contributed by atoms with Crippen LogP contribution in [0.1, 0.15) is 55.1 Å². The molecule has 0 fully saturated rings. The molecule has 0 aliphatic heterocycles. The second kappa shape index (κ2) is 10.1. The van der Waals surface area contributed by atoms with E-state index in [-0.39, 0.29) is 29.9 Å². The van der Waals surface area contributed by atoms with Gasteiger partial charge in [0.2, 0.25) is 10.0 Å². The van der Waals surface area contributed by atoms with E-state index in [1.165, 1.54) is 6.20 Å². The molecule has 11 heteroatoms. The van der Waals surface area contributed by atoms with Gasteiger partial charge in [-0.05, 0) is 18.9 Å². The third kappa shape index (κ3) is 7.26. The number of carbonyl (C=O) groups is 1. The Balaban J connectivity index is 2.09. The molecule has 1 atom stereocenters. The molecule has 0 spiro atoms. The number of unbranched alkanes of at least 4 members (excludes halogenated alkanes) is 3. The third-order valence-corrected chi connectivity index (χ3v) is 4.75. The summed E-state index contributed by atoms with van der Waals surface area (Å²) in [7, 11) is -3.57. The monoisotopic (exact) mass is 426 g/mol. The fourth-order valence-corrected chi connectivity index (χ4v) is 3.21. The quantitative estimate of drug-likeness (QED) is 0.398. The average molecular weight is 426 g/mol. The van der Waals surface area contributed by atoms with E-state index in [0.717, 1.165) is 38.2 Å². The van der Waals surface area contributed by atoms with Crippen molar-refractivity contribution in [1.82, 2.24) is 15.3 Å². The number of oxazole rings is 1. The standard InChI is InChI=1S/C18H26N4O6S/c1-3-4-5-6-7-13(10-12-8-9-19-17(25)15(12)23)20-16(24)14-11-28-18(21-14)22-29(2,26)27/h8-9,11,13,23H,3-7,10H2,1-2H3,(H,19,25)(H,20,24)(H,21,22). The first-order chi connectivity index (χ1) is 13.7. The number of nitrogens with one attached hydrogen (secondary N) is 2. The lowest BCUT2D eigenvalue weighted by molar-refractivity contribution is 0.0929. The summed E-state index contributed by atoms with van der Waals surface area (Å²) in [6.45, 7) is 2.10. The van der Waals surface area contributed by atoms with Crippen molar-refractivity contribution in [2.24, 2.45) is 0 Å². The van der Waals surface area contributed by atoms with Crippen LogP contribution in [-0.4, -0.2) is 46.8 Å². The van der Waals surface area contributed by atoms with Crippen LogP contribution in [0.15, 0.2) is 22.9 Å². The highest BCUT2D eigenvalue weighted by atomic mass is 32.2. The molecule has 0 aliphatic carbocycles. The number of aromatic hydroxyl groups is 2. The van der Waals surface area contributed by atoms with Gasteiger partial charge in [0.25, 0.3) is 11.8 Å². The summed E-state index contributed by atoms with van der Waals surface area (Å²) >= 11 is 0. The van der Waals surface area contributed by atoms with Crippen molar-refractivity contribution >= 4 is 21.9 Å². The van der Waals surface area contributed by atoms with Crippen LogP contribution in [0, 0.1) is 0 Å². The minimum absolute atomic E-state index is 0.0727. The number of aromatic nitrogens is 2. The Bertz CT molecular complexity index is 928. The van der Waals surface area contributed by atoms with E-state index < -0.39 is 21.8 Å². The summed E-state index contributed by atoms with van der Waals surface area (Å²) in [5.41, 5.74) is 0.384. The molecular formula is C18H26N4O6S. The van der Waals surface area contributed by atoms with Crippen molar-refractivity contribution in [3.63, 3.8) is 0 Å². The van der Waals surface area contributed by atoms with Crippen molar-refractivity contribution in [3.05, 3.63) is 29.8 Å². The molecule has 160 valence electrons. The summed E-state index contributed by atoms with van der Waals surface area (Å²) < 4.78 is 29.5. The first-order valence-corrected chi connectivity index (χ1v) is 11.2. The summed E-state index contributed by atoms with van der Waals surface area (Å²) in [4.78, 5) is 20.0. The van der Waals surface area contributed by atoms with Crippen molar-refractivity contribution in [2.75, 3.05) is 11.0 Å². The van der Waals surface area contributed by atoms with Crippen molar-refractivity contribution in [2.45, 2.75) is 51.5 Å². The topological polar surface area (TPSA) is 155 Å². The van der Waals surface area contributed by atoms with Crippen LogP contribution in [0.4, 0.5) is 6.01 Å². The maximum absolute atomic E-state index is 12.5. The van der Waals surface area contributed by atoms with Crippen LogP contribution < -0.4 is 10.0 Å². The third-order valence-electron chi connectivity index (χ3n) is 4.21. The minimum atomic E-state index is -3.57. The van der Waals surface area contributed by atoms with Gasteiger partial charge in [0.1, 0.15) is 6.26 Å². The van der Waals surface area contributed by atoms with E-state index in [1.54, 1.807) is 6.07 Å². The Labute approximate surface area is 169 Å². The summed E-state index contributed by atoms with van der Waals surface area (Å²) in [5.74, 6) is -1.32. The Kier molecular flexibility index (Phi) is 7.82. The van der Waals surface area contributed by atoms with E-state index in [0.29, 0.717) is 12.0 Å². The number of pyridine rings is 1. The second-order valence-electron chi connectivity index (χ2n) is 6.78. The number of amides is 1. The number of sulfonamides is 1. The van der Waals surface area contributed by atoms with Gasteiger partial charge < -0.3 is 19.9 Å². The number of nitrogens with zero attached hydrogens (tertiary/aromatic N) is 2. The van der Waals surface area contributed by atoms with Crippen LogP contribution in [0.2, 0.25) is 0 Å². The maximum Gasteiger partial charge on any atom is 0.309 e. The molecule has 0 saturated carbocycles. The average Bonchev–Trinajstić information content (AvgIpc) is 3.09. The summed E-state index contributed by atoms with van der Waals surface area (Å²) in [6.07, 6.45) is 8.34. The Morgan fingerprint density at radius 3 is 2.72 bits per heavy atom. The molecule has 0 saturated heterocycles. The predicted octanol–water partition coefficient (Wildman–Crippen LogP) is 2.16. The number of hydrogen-bond acceptors (Lipinski definition) is 8. The fraction of sp³-hybridized carbons (Fsp3) is 0.500. The second-order valence-corrected chi connectivity index (χ2v) is 8.53. The van der Waals surface area contributed by atoms with Gasteiger partial charge in [-0.15, -0.1) is 0 Å². The molecule has 2 aromatic rings. The smallest absolute Gasteiger partial charge is 0.309 e. The summed E-state index contributed by atoms with van der Waals surface area (Å²) in [5, 5.41) is 22.4. The zero-order valence-electron chi connectivity index (χ0n) is 16.4. The van der Waals surface area contributed by atoms with Crippen LogP contribution in [0.3, 0.4) is 0 Å². The molecule has 10 nitrogen and oxygen atoms in total. The molecule has 0 aliphatic rings. The zero-order chi connectivity index (χ0) is 21.4. The van der Waals surface area contributed by atoms with Gasteiger partial charge in [0.15, 0.2) is 11.4 Å². The van der Waals surface area contributed by atoms with Crippen LogP contribution in [0.25, 0.3) is 0 Å². The van der Waals surface area contributed by atoms with Gasteiger partial charge >= 0.3 is 6.01 Å². The molecule has 1 unspecified atom stereocenters. The van der Waals surface area contributed by atoms with Gasteiger partial charge in [-0.1, -0.05) is 32.6 Å². The highest BCUT2D eigenvalue weighted by Crippen LogP contribution is 2.27. The minimum Gasteiger partial charge on any atom is -0.503 e. The SMILES string of the molecule is CCCCCCC(Cc1ccnc(O)c1O)NC(=O)c1coc(NS(C)(=O)=O)n1. The van der Waals surface area contributed by atoms with Gasteiger partial charge in [-0.2, -0.15) is 4.98 Å². The molecule has 29 heavy (non-hydrogen) atoms. The molecule has 2 aromatic heterocycles. The molecular weight excluding hydrogens is 400 g/mol. The molecule has 0 aromatic carbocycles. The van der Waals surface area contributed by atoms with E-state index in [1.807, 2.05) is 0 Å². The number of hydrogen-bond donors (Lipinski definition) is 4. The lowest BCUT2D eigenvalue weighted by Crippen LogP contribution is -2.36. The first kappa shape index (κ1) is 22.5. The fourth-order valence-electron chi connectivity index (χ4n) is 2.80. The molecule has 2 rings (SSSR count). The van der Waals surface area contributed by atoms with Gasteiger partial charge in [0, 0.05) is 17.8 Å². The van der Waals surface area contributed by atoms with E-state index in [4.69, 9.17) is 4.42 Å². The Morgan fingerprint density at radius 1 is 1.28 bits per heavy atom. The molecule has 4 N–H and O–H groups in total. The number of carbonyl (C=O) groups excluding carboxylic acids is 1. The highest BCUT2D eigenvalue weighted by Gasteiger charge is 2.20. The lowest BCUT2D eigenvalue weighted by Gasteiger charge is -2.19. The first-order valence-electron chi connectivity index (χ1n) is 9.29. The normalized spacial score (nSPS) is 12.5. The van der Waals surface area contributed by atoms with Gasteiger partial charge in [0.05, 0.1) is 6.26 Å². The van der Waals surface area contributed by atoms with Crippen LogP contribution in [0.5, 0.6) is 11.6 Å². The Hall–Kier alpha value is -2.82. The zero-order valence-corrected chi connectivity index (χ0v) is 17.2. The summed E-state index contributed by atoms with van der Waals surface area (Å²) in [6, 6.07) is 0.939. The lowest BCUT2D eigenvalue weighted by atomic mass is 9.99. The van der Waals surface area contributed by atoms with Gasteiger partial charge in [-0.3, -0.25) is 4.79 Å². The van der Waals surface area contributed by atoms with E-state index in [2.05, 4.69) is 26.9 Å². The molecule has 0 radical (unpaired) electrons. The number of rotatable bonds is 11. The Morgan fingerprint density at radius 2 is 2.03 bits per heavy atom. The molecule has 1 amide bonds. The highest BCUT2D eigenvalue weighted by molar-refractivity contribution is 7.91. The van der Waals surface area contributed by atoms with Crippen LogP contribution in [-0.2, 0) is 16.4 Å². The largest absolute Gasteiger partial charge is 0.503 e. The number of anilines is 1. The van der Waals surface area contributed by atoms with Crippen molar-refractivity contribution in [3.8, 4) is 11.6 Å². The van der Waals surface area contributed by atoms with Gasteiger partial charge in [-0.25, -0.2) is 18.1 Å². The molecule has 2 heterocycles. The van der Waals surface area contributed by atoms with Crippen molar-refractivity contribution in [1.29, 1.82) is 0 Å². The maximum atomic E-state index is 12.5. The van der Waals surface area contributed by atoms with E-state index in [9.17, 15) is 23.4 Å². The predicted molar refractivity (Wildman–Crippen MR) is 106 cm³/mol. The van der Waals surface area contributed by atoms with E-state index >= 15 is 0 Å².